The summed E-state index contributed by atoms with van der Waals surface area (Å²) >= 11 is 0. The SMILES string of the molecule is C1=Cc2c(c3ccc(-c4ccc5c(c4)c4ccccc4n5-c4ccc(-c5ccccc5)cc4)cc3n2-c2ccccc2C2(c3ccccc3)c3ccccc3-c3ccccc32)CC1. The van der Waals surface area contributed by atoms with Gasteiger partial charge >= 0.3 is 0 Å². The maximum Gasteiger partial charge on any atom is 0.0733 e. The monoisotopic (exact) mass is 802 g/mol. The standard InChI is InChI=1S/C61H42N2/c1-3-17-41(18-4-1)42-31-35-46(36-32-42)62-56-28-14-10-24-50(56)52-39-43(34-38-58(52)62)44-33-37-51-49-23-9-15-29-57(49)63(60(51)40-44)59-30-16-13-27-55(59)61(45-19-5-2-6-20-45)53-25-11-7-21-47(53)48-22-8-12-26-54(48)61/h1-8,10-22,24-40H,9,23H2. The van der Waals surface area contributed by atoms with E-state index >= 15 is 0 Å². The average Bonchev–Trinajstić information content (AvgIpc) is 3.98. The van der Waals surface area contributed by atoms with Crippen LogP contribution in [0.1, 0.15) is 39.9 Å². The number of aryl methyl sites for hydroxylation is 1. The molecule has 9 aromatic carbocycles. The number of nitrogens with zero attached hydrogens (tertiary/aromatic N) is 2. The van der Waals surface area contributed by atoms with E-state index in [1.165, 1.54) is 105 Å². The molecule has 0 atom stereocenters. The van der Waals surface area contributed by atoms with Crippen molar-refractivity contribution in [2.24, 2.45) is 0 Å². The summed E-state index contributed by atoms with van der Waals surface area (Å²) < 4.78 is 4.99. The van der Waals surface area contributed by atoms with Gasteiger partial charge < -0.3 is 9.13 Å². The second-order valence-electron chi connectivity index (χ2n) is 17.1. The molecule has 13 rings (SSSR count). The van der Waals surface area contributed by atoms with Crippen molar-refractivity contribution in [1.29, 1.82) is 0 Å². The van der Waals surface area contributed by atoms with Crippen molar-refractivity contribution in [3.8, 4) is 44.8 Å². The molecule has 2 aliphatic carbocycles. The number of aromatic nitrogens is 2. The first-order valence-electron chi connectivity index (χ1n) is 22.2. The summed E-state index contributed by atoms with van der Waals surface area (Å²) in [6, 6.07) is 81.1. The number of fused-ring (bicyclic) bond motifs is 9. The van der Waals surface area contributed by atoms with Gasteiger partial charge in [0.2, 0.25) is 0 Å². The number of rotatable bonds is 6. The predicted molar refractivity (Wildman–Crippen MR) is 263 cm³/mol. The van der Waals surface area contributed by atoms with Gasteiger partial charge in [-0.15, -0.1) is 0 Å². The van der Waals surface area contributed by atoms with Crippen LogP contribution >= 0.6 is 0 Å². The van der Waals surface area contributed by atoms with Crippen LogP contribution in [0.2, 0.25) is 0 Å². The number of hydrogen-bond donors (Lipinski definition) is 0. The van der Waals surface area contributed by atoms with Crippen molar-refractivity contribution in [2.45, 2.75) is 18.3 Å². The van der Waals surface area contributed by atoms with Crippen LogP contribution in [0.15, 0.2) is 224 Å². The largest absolute Gasteiger partial charge is 0.309 e. The van der Waals surface area contributed by atoms with Crippen molar-refractivity contribution in [3.05, 3.63) is 258 Å². The van der Waals surface area contributed by atoms with E-state index in [2.05, 4.69) is 240 Å². The number of hydrogen-bond acceptors (Lipinski definition) is 0. The second-order valence-corrected chi connectivity index (χ2v) is 17.1. The van der Waals surface area contributed by atoms with E-state index in [1.807, 2.05) is 0 Å². The molecule has 11 aromatic rings. The Bertz CT molecular complexity index is 3560. The van der Waals surface area contributed by atoms with Crippen LogP contribution in [0.4, 0.5) is 0 Å². The van der Waals surface area contributed by atoms with Crippen LogP contribution in [-0.2, 0) is 11.8 Å². The van der Waals surface area contributed by atoms with Gasteiger partial charge in [0.15, 0.2) is 0 Å². The fourth-order valence-electron chi connectivity index (χ4n) is 11.2. The molecule has 0 fully saturated rings. The van der Waals surface area contributed by atoms with Crippen molar-refractivity contribution >= 4 is 38.8 Å². The van der Waals surface area contributed by atoms with Crippen molar-refractivity contribution in [1.82, 2.24) is 9.13 Å². The molecule has 0 N–H and O–H groups in total. The first-order valence-corrected chi connectivity index (χ1v) is 22.2. The maximum atomic E-state index is 2.58. The zero-order valence-corrected chi connectivity index (χ0v) is 34.7. The van der Waals surface area contributed by atoms with Gasteiger partial charge in [-0.05, 0) is 123 Å². The molecule has 2 heteroatoms. The Labute approximate surface area is 367 Å². The summed E-state index contributed by atoms with van der Waals surface area (Å²) in [4.78, 5) is 0. The topological polar surface area (TPSA) is 9.86 Å². The average molecular weight is 803 g/mol. The molecule has 296 valence electrons. The van der Waals surface area contributed by atoms with Crippen LogP contribution in [0.5, 0.6) is 0 Å². The highest BCUT2D eigenvalue weighted by molar-refractivity contribution is 6.10. The van der Waals surface area contributed by atoms with Crippen LogP contribution < -0.4 is 0 Å². The molecule has 0 unspecified atom stereocenters. The van der Waals surface area contributed by atoms with Gasteiger partial charge in [-0.25, -0.2) is 0 Å². The fraction of sp³-hybridized carbons (Fsp3) is 0.0492. The van der Waals surface area contributed by atoms with E-state index in [-0.39, 0.29) is 0 Å². The summed E-state index contributed by atoms with van der Waals surface area (Å²) in [6.07, 6.45) is 6.78. The van der Waals surface area contributed by atoms with Crippen molar-refractivity contribution < 1.29 is 0 Å². The Balaban J connectivity index is 1.01. The molecule has 0 saturated carbocycles. The molecule has 0 bridgehead atoms. The van der Waals surface area contributed by atoms with E-state index in [0.29, 0.717) is 0 Å². The minimum absolute atomic E-state index is 0.522. The van der Waals surface area contributed by atoms with Crippen LogP contribution in [-0.4, -0.2) is 9.13 Å². The molecular weight excluding hydrogens is 761 g/mol. The third-order valence-electron chi connectivity index (χ3n) is 13.9. The number of allylic oxidation sites excluding steroid dienone is 1. The summed E-state index contributed by atoms with van der Waals surface area (Å²) in [5.41, 5.74) is 20.9. The lowest BCUT2D eigenvalue weighted by Crippen LogP contribution is -2.30. The molecule has 2 aromatic heterocycles. The first kappa shape index (κ1) is 35.8. The molecule has 0 saturated heterocycles. The van der Waals surface area contributed by atoms with E-state index in [1.54, 1.807) is 0 Å². The highest BCUT2D eigenvalue weighted by atomic mass is 15.0. The molecule has 2 aliphatic rings. The third-order valence-corrected chi connectivity index (χ3v) is 13.9. The van der Waals surface area contributed by atoms with Gasteiger partial charge in [0.05, 0.1) is 27.7 Å². The van der Waals surface area contributed by atoms with E-state index < -0.39 is 5.41 Å². The third kappa shape index (κ3) is 5.25. The molecule has 0 radical (unpaired) electrons. The van der Waals surface area contributed by atoms with Gasteiger partial charge in [0.25, 0.3) is 0 Å². The smallest absolute Gasteiger partial charge is 0.0733 e. The fourth-order valence-corrected chi connectivity index (χ4v) is 11.2. The zero-order chi connectivity index (χ0) is 41.5. The van der Waals surface area contributed by atoms with E-state index in [0.717, 1.165) is 18.5 Å². The Morgan fingerprint density at radius 3 is 1.75 bits per heavy atom. The Morgan fingerprint density at radius 1 is 0.381 bits per heavy atom. The number of benzene rings is 9. The first-order chi connectivity index (χ1) is 31.3. The molecule has 2 heterocycles. The van der Waals surface area contributed by atoms with Gasteiger partial charge in [-0.2, -0.15) is 0 Å². The van der Waals surface area contributed by atoms with Crippen molar-refractivity contribution in [3.63, 3.8) is 0 Å². The molecule has 0 amide bonds. The lowest BCUT2D eigenvalue weighted by molar-refractivity contribution is 0.758. The van der Waals surface area contributed by atoms with Crippen molar-refractivity contribution in [2.75, 3.05) is 0 Å². The van der Waals surface area contributed by atoms with E-state index in [4.69, 9.17) is 0 Å². The Hall–Kier alpha value is -7.94. The summed E-state index contributed by atoms with van der Waals surface area (Å²) in [6.45, 7) is 0. The molecule has 0 spiro atoms. The van der Waals surface area contributed by atoms with E-state index in [9.17, 15) is 0 Å². The molecule has 0 aliphatic heterocycles. The van der Waals surface area contributed by atoms with Gasteiger partial charge in [-0.3, -0.25) is 0 Å². The molecular formula is C61H42N2. The van der Waals surface area contributed by atoms with Crippen LogP contribution in [0.3, 0.4) is 0 Å². The zero-order valence-electron chi connectivity index (χ0n) is 34.7. The Kier molecular flexibility index (Phi) is 7.98. The summed E-state index contributed by atoms with van der Waals surface area (Å²) in [7, 11) is 0. The number of para-hydroxylation sites is 2. The quantitative estimate of drug-likeness (QED) is 0.158. The second kappa shape index (κ2) is 14.1. The molecule has 2 nitrogen and oxygen atoms in total. The minimum Gasteiger partial charge on any atom is -0.309 e. The summed E-state index contributed by atoms with van der Waals surface area (Å²) in [5, 5.41) is 3.83. The Morgan fingerprint density at radius 2 is 0.968 bits per heavy atom. The lowest BCUT2D eigenvalue weighted by Gasteiger charge is -2.36. The van der Waals surface area contributed by atoms with Gasteiger partial charge in [-0.1, -0.05) is 182 Å². The van der Waals surface area contributed by atoms with Gasteiger partial charge in [0.1, 0.15) is 0 Å². The normalized spacial score (nSPS) is 13.7. The van der Waals surface area contributed by atoms with Crippen LogP contribution in [0.25, 0.3) is 83.5 Å². The van der Waals surface area contributed by atoms with Gasteiger partial charge in [0, 0.05) is 27.5 Å². The highest BCUT2D eigenvalue weighted by Gasteiger charge is 2.47. The minimum atomic E-state index is -0.522. The molecule has 63 heavy (non-hydrogen) atoms. The highest BCUT2D eigenvalue weighted by Crippen LogP contribution is 2.57. The lowest BCUT2D eigenvalue weighted by atomic mass is 9.67. The summed E-state index contributed by atoms with van der Waals surface area (Å²) in [5.74, 6) is 0. The van der Waals surface area contributed by atoms with Crippen LogP contribution in [0, 0.1) is 0 Å². The maximum absolute atomic E-state index is 2.58. The predicted octanol–water partition coefficient (Wildman–Crippen LogP) is 15.4.